The Morgan fingerprint density at radius 3 is 2.73 bits per heavy atom. The van der Waals surface area contributed by atoms with Crippen LogP contribution in [0, 0.1) is 0 Å². The highest BCUT2D eigenvalue weighted by Gasteiger charge is 2.19. The fraction of sp³-hybridized carbons (Fsp3) is 0.261. The first-order valence-electron chi connectivity index (χ1n) is 9.86. The molecule has 2 aromatic carbocycles. The number of H-pyrrole nitrogens is 1. The number of carbonyl (C=O) groups excluding carboxylic acids is 1. The Kier molecular flexibility index (Phi) is 5.79. The number of aromatic nitrogens is 3. The number of hydrogen-bond donors (Lipinski definition) is 1. The molecule has 0 spiro atoms. The summed E-state index contributed by atoms with van der Waals surface area (Å²) in [5.41, 5.74) is 3.08. The molecular formula is C23H23N3O4. The standard InChI is InChI=1S/C23H23N3O4/c1-15(22-25-26-23(30-22)16-10-12-18(28-2)13-11-16)29-21(27)9-5-6-17-14-24-20-8-4-3-7-19(17)20/h3-4,7-8,10-15,24H,5-6,9H2,1-2H3/t15-/m0/s1. The van der Waals surface area contributed by atoms with Crippen LogP contribution in [0.2, 0.25) is 0 Å². The van der Waals surface area contributed by atoms with E-state index in [1.54, 1.807) is 14.0 Å². The molecule has 30 heavy (non-hydrogen) atoms. The summed E-state index contributed by atoms with van der Waals surface area (Å²) in [6.45, 7) is 1.73. The number of rotatable bonds is 8. The third-order valence-corrected chi connectivity index (χ3v) is 4.94. The van der Waals surface area contributed by atoms with Gasteiger partial charge in [0.25, 0.3) is 5.89 Å². The first kappa shape index (κ1) is 19.7. The highest BCUT2D eigenvalue weighted by atomic mass is 16.6. The third kappa shape index (κ3) is 4.35. The largest absolute Gasteiger partial charge is 0.497 e. The first-order chi connectivity index (χ1) is 14.6. The zero-order valence-corrected chi connectivity index (χ0v) is 16.9. The molecule has 0 saturated heterocycles. The van der Waals surface area contributed by atoms with E-state index < -0.39 is 6.10 Å². The van der Waals surface area contributed by atoms with Gasteiger partial charge >= 0.3 is 5.97 Å². The van der Waals surface area contributed by atoms with Gasteiger partial charge in [0, 0.05) is 29.1 Å². The van der Waals surface area contributed by atoms with Crippen molar-refractivity contribution in [3.05, 3.63) is 66.2 Å². The molecule has 0 aliphatic rings. The van der Waals surface area contributed by atoms with Crippen LogP contribution in [0.5, 0.6) is 5.75 Å². The van der Waals surface area contributed by atoms with Crippen molar-refractivity contribution in [2.75, 3.05) is 7.11 Å². The monoisotopic (exact) mass is 405 g/mol. The van der Waals surface area contributed by atoms with Gasteiger partial charge in [0.15, 0.2) is 6.10 Å². The number of ether oxygens (including phenoxy) is 2. The topological polar surface area (TPSA) is 90.2 Å². The molecule has 0 fully saturated rings. The van der Waals surface area contributed by atoms with E-state index in [0.29, 0.717) is 18.7 Å². The van der Waals surface area contributed by atoms with Crippen molar-refractivity contribution in [3.63, 3.8) is 0 Å². The maximum absolute atomic E-state index is 12.2. The Bertz CT molecular complexity index is 1130. The van der Waals surface area contributed by atoms with Crippen LogP contribution in [0.1, 0.15) is 37.3 Å². The van der Waals surface area contributed by atoms with E-state index in [1.165, 1.54) is 10.9 Å². The van der Waals surface area contributed by atoms with Crippen LogP contribution in [0.3, 0.4) is 0 Å². The molecule has 0 saturated carbocycles. The summed E-state index contributed by atoms with van der Waals surface area (Å²) < 4.78 is 16.3. The number of nitrogens with one attached hydrogen (secondary N) is 1. The zero-order chi connectivity index (χ0) is 20.9. The SMILES string of the molecule is COc1ccc(-c2nnc([C@H](C)OC(=O)CCCc3c[nH]c4ccccc34)o2)cc1. The van der Waals surface area contributed by atoms with Gasteiger partial charge in [-0.05, 0) is 55.7 Å². The molecule has 0 amide bonds. The summed E-state index contributed by atoms with van der Waals surface area (Å²) in [4.78, 5) is 15.5. The molecule has 1 N–H and O–H groups in total. The number of fused-ring (bicyclic) bond motifs is 1. The maximum atomic E-state index is 12.2. The Balaban J connectivity index is 1.29. The number of carbonyl (C=O) groups is 1. The fourth-order valence-electron chi connectivity index (χ4n) is 3.32. The van der Waals surface area contributed by atoms with Crippen molar-refractivity contribution in [1.29, 1.82) is 0 Å². The van der Waals surface area contributed by atoms with E-state index >= 15 is 0 Å². The van der Waals surface area contributed by atoms with Crippen LogP contribution in [-0.4, -0.2) is 28.3 Å². The summed E-state index contributed by atoms with van der Waals surface area (Å²) in [7, 11) is 1.61. The van der Waals surface area contributed by atoms with Crippen molar-refractivity contribution in [3.8, 4) is 17.2 Å². The molecule has 1 atom stereocenters. The van der Waals surface area contributed by atoms with Gasteiger partial charge in [-0.25, -0.2) is 0 Å². The van der Waals surface area contributed by atoms with E-state index in [1.807, 2.05) is 48.7 Å². The van der Waals surface area contributed by atoms with Gasteiger partial charge in [-0.1, -0.05) is 18.2 Å². The Labute approximate surface area is 174 Å². The predicted octanol–water partition coefficient (Wildman–Crippen LogP) is 4.85. The van der Waals surface area contributed by atoms with Gasteiger partial charge in [0.1, 0.15) is 5.75 Å². The molecule has 7 heteroatoms. The van der Waals surface area contributed by atoms with Gasteiger partial charge in [0.2, 0.25) is 5.89 Å². The number of hydrogen-bond acceptors (Lipinski definition) is 6. The lowest BCUT2D eigenvalue weighted by molar-refractivity contribution is -0.149. The molecule has 154 valence electrons. The third-order valence-electron chi connectivity index (χ3n) is 4.94. The van der Waals surface area contributed by atoms with Crippen molar-refractivity contribution in [2.45, 2.75) is 32.3 Å². The summed E-state index contributed by atoms with van der Waals surface area (Å²) in [5, 5.41) is 9.25. The van der Waals surface area contributed by atoms with E-state index in [4.69, 9.17) is 13.9 Å². The van der Waals surface area contributed by atoms with Crippen molar-refractivity contribution < 1.29 is 18.7 Å². The number of aromatic amines is 1. The van der Waals surface area contributed by atoms with Gasteiger partial charge in [-0.15, -0.1) is 10.2 Å². The molecule has 2 heterocycles. The van der Waals surface area contributed by atoms with Gasteiger partial charge in [-0.3, -0.25) is 4.79 Å². The van der Waals surface area contributed by atoms with E-state index in [0.717, 1.165) is 23.3 Å². The first-order valence-corrected chi connectivity index (χ1v) is 9.86. The molecule has 0 radical (unpaired) electrons. The number of benzene rings is 2. The summed E-state index contributed by atoms with van der Waals surface area (Å²) in [5.74, 6) is 1.10. The highest BCUT2D eigenvalue weighted by molar-refractivity contribution is 5.83. The zero-order valence-electron chi connectivity index (χ0n) is 16.9. The lowest BCUT2D eigenvalue weighted by Crippen LogP contribution is -2.09. The van der Waals surface area contributed by atoms with Gasteiger partial charge in [0.05, 0.1) is 7.11 Å². The molecule has 0 bridgehead atoms. The lowest BCUT2D eigenvalue weighted by Gasteiger charge is -2.09. The van der Waals surface area contributed by atoms with Crippen LogP contribution >= 0.6 is 0 Å². The van der Waals surface area contributed by atoms with Gasteiger partial charge in [-0.2, -0.15) is 0 Å². The van der Waals surface area contributed by atoms with Crippen molar-refractivity contribution in [1.82, 2.24) is 15.2 Å². The Morgan fingerprint density at radius 2 is 1.93 bits per heavy atom. The number of nitrogens with zero attached hydrogens (tertiary/aromatic N) is 2. The quantitative estimate of drug-likeness (QED) is 0.421. The summed E-state index contributed by atoms with van der Waals surface area (Å²) in [6.07, 6.45) is 3.22. The smallest absolute Gasteiger partial charge is 0.306 e. The molecule has 0 aliphatic carbocycles. The van der Waals surface area contributed by atoms with Crippen LogP contribution in [-0.2, 0) is 16.0 Å². The second kappa shape index (κ2) is 8.82. The lowest BCUT2D eigenvalue weighted by atomic mass is 10.1. The average molecular weight is 405 g/mol. The molecule has 4 aromatic rings. The minimum atomic E-state index is -0.606. The molecule has 2 aromatic heterocycles. The number of aryl methyl sites for hydroxylation is 1. The number of methoxy groups -OCH3 is 1. The minimum absolute atomic E-state index is 0.269. The van der Waals surface area contributed by atoms with Crippen LogP contribution in [0.4, 0.5) is 0 Å². The van der Waals surface area contributed by atoms with Gasteiger partial charge < -0.3 is 18.9 Å². The molecule has 7 nitrogen and oxygen atoms in total. The van der Waals surface area contributed by atoms with E-state index in [9.17, 15) is 4.79 Å². The molecule has 0 aliphatic heterocycles. The molecular weight excluding hydrogens is 382 g/mol. The Hall–Kier alpha value is -3.61. The fourth-order valence-corrected chi connectivity index (χ4v) is 3.32. The number of para-hydroxylation sites is 1. The maximum Gasteiger partial charge on any atom is 0.306 e. The molecule has 4 rings (SSSR count). The Morgan fingerprint density at radius 1 is 1.13 bits per heavy atom. The average Bonchev–Trinajstić information content (AvgIpc) is 3.42. The molecule has 0 unspecified atom stereocenters. The van der Waals surface area contributed by atoms with Crippen molar-refractivity contribution in [2.24, 2.45) is 0 Å². The second-order valence-electron chi connectivity index (χ2n) is 7.02. The van der Waals surface area contributed by atoms with Crippen LogP contribution in [0.15, 0.2) is 59.1 Å². The van der Waals surface area contributed by atoms with Crippen LogP contribution < -0.4 is 4.74 Å². The summed E-state index contributed by atoms with van der Waals surface area (Å²) in [6, 6.07) is 15.4. The minimum Gasteiger partial charge on any atom is -0.497 e. The van der Waals surface area contributed by atoms with Crippen LogP contribution in [0.25, 0.3) is 22.4 Å². The normalized spacial score (nSPS) is 12.1. The second-order valence-corrected chi connectivity index (χ2v) is 7.02. The van der Waals surface area contributed by atoms with E-state index in [2.05, 4.69) is 21.2 Å². The van der Waals surface area contributed by atoms with E-state index in [-0.39, 0.29) is 11.9 Å². The predicted molar refractivity (Wildman–Crippen MR) is 112 cm³/mol. The van der Waals surface area contributed by atoms with Crippen molar-refractivity contribution >= 4 is 16.9 Å². The highest BCUT2D eigenvalue weighted by Crippen LogP contribution is 2.25. The number of esters is 1. The summed E-state index contributed by atoms with van der Waals surface area (Å²) >= 11 is 0.